The van der Waals surface area contributed by atoms with Gasteiger partial charge in [0.2, 0.25) is 0 Å². The SMILES string of the molecule is [2H]c1c([2H])c([2H])[c]([Ge]([c]2cc(-n3c4ccccc4c4cc(N5c6ccncc6C6(C)CCCCC56C)ccc43)c3c(ccc4ccccc43)c2)([c]2c([2H])c([2H])c([2H])c([2H])c2[2H])[c]2c([2H])c([2H])c([2H])c([2H])c2[2H])c([2H])c1[2H]. The third-order valence-corrected chi connectivity index (χ3v) is 22.7. The van der Waals surface area contributed by atoms with Gasteiger partial charge in [0, 0.05) is 0 Å². The fraction of sp³-hybridized carbons (Fsp3) is 0.140. The van der Waals surface area contributed by atoms with E-state index in [9.17, 15) is 8.22 Å². The fourth-order valence-corrected chi connectivity index (χ4v) is 19.0. The topological polar surface area (TPSA) is 21.1 Å². The van der Waals surface area contributed by atoms with Crippen molar-refractivity contribution in [1.29, 1.82) is 0 Å². The van der Waals surface area contributed by atoms with Crippen LogP contribution < -0.4 is 22.5 Å². The first kappa shape index (κ1) is 24.1. The molecule has 1 aliphatic heterocycles. The van der Waals surface area contributed by atoms with E-state index in [0.29, 0.717) is 16.5 Å². The number of para-hydroxylation sites is 1. The number of anilines is 2. The van der Waals surface area contributed by atoms with Gasteiger partial charge < -0.3 is 0 Å². The van der Waals surface area contributed by atoms with E-state index in [0.717, 1.165) is 69.6 Å². The Bertz CT molecular complexity index is 3960. The normalized spacial score (nSPS) is 22.3. The van der Waals surface area contributed by atoms with Crippen molar-refractivity contribution < 1.29 is 20.6 Å². The molecular weight excluding hydrogens is 799 g/mol. The van der Waals surface area contributed by atoms with Crippen LogP contribution in [0, 0.1) is 0 Å². The Hall–Kier alpha value is -6.43. The standard InChI is InChI=1S/C57H47GeN3/c1-56-33-16-17-34-57(56,2)61(53-32-35-59-39-50(53)56)46-30-31-52-49(38-46)48-26-14-15-27-51(48)60(52)54-37-45(36-41-29-28-40-18-12-13-25-47(40)55(41)54)58(42-19-6-3-7-20-42,43-21-8-4-9-22-43)44-23-10-5-11-24-44/h3-15,18-32,35-39H,16-17,33-34H2,1-2H3/i3D,4D,5D,6D,7D,8D,9D,10D,11D,19D,20D,21D,22D,23D,24D. The van der Waals surface area contributed by atoms with Gasteiger partial charge in [-0.25, -0.2) is 0 Å². The second kappa shape index (κ2) is 13.8. The molecule has 1 fully saturated rings. The van der Waals surface area contributed by atoms with Crippen molar-refractivity contribution in [3.05, 3.63) is 206 Å². The molecule has 10 aromatic rings. The third kappa shape index (κ3) is 5.14. The van der Waals surface area contributed by atoms with Crippen LogP contribution in [0.1, 0.15) is 65.7 Å². The van der Waals surface area contributed by atoms with Crippen molar-refractivity contribution in [2.45, 2.75) is 50.5 Å². The van der Waals surface area contributed by atoms with Gasteiger partial charge in [-0.15, -0.1) is 0 Å². The molecule has 1 saturated carbocycles. The maximum absolute atomic E-state index is 9.77. The Morgan fingerprint density at radius 1 is 0.557 bits per heavy atom. The van der Waals surface area contributed by atoms with E-state index in [1.807, 2.05) is 73.1 Å². The van der Waals surface area contributed by atoms with Gasteiger partial charge in [0.05, 0.1) is 0 Å². The van der Waals surface area contributed by atoms with Crippen LogP contribution in [-0.4, -0.2) is 28.4 Å². The second-order valence-corrected chi connectivity index (χ2v) is 24.2. The van der Waals surface area contributed by atoms with E-state index < -0.39 is 117 Å². The predicted molar refractivity (Wildman–Crippen MR) is 260 cm³/mol. The molecule has 0 bridgehead atoms. The molecule has 2 aromatic heterocycles. The van der Waals surface area contributed by atoms with E-state index >= 15 is 0 Å². The molecule has 1 aliphatic carbocycles. The van der Waals surface area contributed by atoms with Crippen molar-refractivity contribution in [1.82, 2.24) is 9.55 Å². The van der Waals surface area contributed by atoms with Gasteiger partial charge in [-0.05, 0) is 0 Å². The number of fused-ring (bicyclic) bond motifs is 9. The van der Waals surface area contributed by atoms with Crippen LogP contribution in [0.25, 0.3) is 49.0 Å². The summed E-state index contributed by atoms with van der Waals surface area (Å²) in [5.74, 6) is 0. The predicted octanol–water partition coefficient (Wildman–Crippen LogP) is 11.6. The van der Waals surface area contributed by atoms with Gasteiger partial charge in [0.25, 0.3) is 0 Å². The van der Waals surface area contributed by atoms with Crippen molar-refractivity contribution in [2.24, 2.45) is 0 Å². The van der Waals surface area contributed by atoms with Crippen molar-refractivity contribution in [2.75, 3.05) is 4.90 Å². The molecule has 0 spiro atoms. The molecule has 2 atom stereocenters. The number of hydrogen-bond donors (Lipinski definition) is 0. The molecule has 0 amide bonds. The summed E-state index contributed by atoms with van der Waals surface area (Å²) < 4.78 is 140. The summed E-state index contributed by atoms with van der Waals surface area (Å²) in [5, 5.41) is 4.70. The Kier molecular flexibility index (Phi) is 5.46. The summed E-state index contributed by atoms with van der Waals surface area (Å²) in [6.07, 6.45) is 8.01. The minimum absolute atomic E-state index is 0.0858. The van der Waals surface area contributed by atoms with Gasteiger partial charge in [0.1, 0.15) is 0 Å². The number of aromatic nitrogens is 2. The molecule has 8 aromatic carbocycles. The van der Waals surface area contributed by atoms with E-state index in [4.69, 9.17) is 12.3 Å². The molecular formula is C57H47GeN3. The minimum atomic E-state index is -6.43. The molecule has 3 heterocycles. The Labute approximate surface area is 381 Å². The van der Waals surface area contributed by atoms with E-state index in [-0.39, 0.29) is 15.3 Å². The first-order valence-electron chi connectivity index (χ1n) is 28.2. The number of pyridine rings is 1. The molecule has 2 unspecified atom stereocenters. The molecule has 61 heavy (non-hydrogen) atoms. The number of rotatable bonds is 6. The van der Waals surface area contributed by atoms with Crippen LogP contribution in [0.15, 0.2) is 200 Å². The third-order valence-electron chi connectivity index (χ3n) is 13.9. The zero-order valence-corrected chi connectivity index (χ0v) is 35.7. The quantitative estimate of drug-likeness (QED) is 0.123. The van der Waals surface area contributed by atoms with E-state index in [2.05, 4.69) is 52.6 Å². The maximum atomic E-state index is 9.77. The van der Waals surface area contributed by atoms with Gasteiger partial charge in [0.15, 0.2) is 0 Å². The molecule has 4 heteroatoms. The Morgan fingerprint density at radius 3 is 1.90 bits per heavy atom. The molecule has 0 radical (unpaired) electrons. The van der Waals surface area contributed by atoms with Gasteiger partial charge >= 0.3 is 371 Å². The molecule has 12 rings (SSSR count). The van der Waals surface area contributed by atoms with Crippen LogP contribution in [0.3, 0.4) is 0 Å². The first-order chi connectivity index (χ1) is 36.2. The summed E-state index contributed by atoms with van der Waals surface area (Å²) in [7, 11) is 0. The molecule has 0 N–H and O–H groups in total. The zero-order valence-electron chi connectivity index (χ0n) is 48.6. The first-order valence-corrected chi connectivity index (χ1v) is 24.9. The Morgan fingerprint density at radius 2 is 1.18 bits per heavy atom. The van der Waals surface area contributed by atoms with Crippen LogP contribution in [0.5, 0.6) is 0 Å². The average molecular weight is 862 g/mol. The van der Waals surface area contributed by atoms with Gasteiger partial charge in [-0.1, -0.05) is 6.42 Å². The fourth-order valence-electron chi connectivity index (χ4n) is 11.0. The second-order valence-electron chi connectivity index (χ2n) is 16.7. The monoisotopic (exact) mass is 862 g/mol. The van der Waals surface area contributed by atoms with E-state index in [1.165, 1.54) is 5.56 Å². The molecule has 0 saturated heterocycles. The summed E-state index contributed by atoms with van der Waals surface area (Å²) in [4.78, 5) is 7.08. The molecule has 3 nitrogen and oxygen atoms in total. The van der Waals surface area contributed by atoms with Gasteiger partial charge in [-0.2, -0.15) is 0 Å². The Balaban J connectivity index is 1.29. The summed E-state index contributed by atoms with van der Waals surface area (Å²) in [6.45, 7) is 4.70. The van der Waals surface area contributed by atoms with Crippen LogP contribution in [-0.2, 0) is 5.41 Å². The van der Waals surface area contributed by atoms with Crippen LogP contribution >= 0.6 is 0 Å². The van der Waals surface area contributed by atoms with Crippen molar-refractivity contribution in [3.63, 3.8) is 0 Å². The van der Waals surface area contributed by atoms with Crippen molar-refractivity contribution >= 4 is 85.6 Å². The number of benzene rings is 8. The molecule has 294 valence electrons. The van der Waals surface area contributed by atoms with Crippen LogP contribution in [0.2, 0.25) is 0 Å². The van der Waals surface area contributed by atoms with Crippen molar-refractivity contribution in [3.8, 4) is 5.69 Å². The summed E-state index contributed by atoms with van der Waals surface area (Å²) in [5.41, 5.74) is 4.86. The molecule has 2 aliphatic rings. The summed E-state index contributed by atoms with van der Waals surface area (Å²) >= 11 is -6.43. The average Bonchev–Trinajstić information content (AvgIpc) is 3.98. The number of nitrogens with zero attached hydrogens (tertiary/aromatic N) is 3. The van der Waals surface area contributed by atoms with E-state index in [1.54, 1.807) is 12.1 Å². The number of hydrogen-bond acceptors (Lipinski definition) is 2. The summed E-state index contributed by atoms with van der Waals surface area (Å²) in [6, 6.07) is 19.5. The van der Waals surface area contributed by atoms with Crippen LogP contribution in [0.4, 0.5) is 11.4 Å². The van der Waals surface area contributed by atoms with Gasteiger partial charge in [-0.3, -0.25) is 4.98 Å². The zero-order chi connectivity index (χ0) is 53.8.